The average molecular weight is 374 g/mol. The van der Waals surface area contributed by atoms with Crippen molar-refractivity contribution in [2.75, 3.05) is 31.5 Å². The normalized spacial score (nSPS) is 16.3. The van der Waals surface area contributed by atoms with Crippen molar-refractivity contribution < 1.29 is 23.1 Å². The molecular weight excluding hydrogens is 358 g/mol. The van der Waals surface area contributed by atoms with Gasteiger partial charge in [0, 0.05) is 43.5 Å². The van der Waals surface area contributed by atoms with Crippen molar-refractivity contribution in [1.29, 1.82) is 0 Å². The van der Waals surface area contributed by atoms with Crippen LogP contribution in [0, 0.1) is 0 Å². The molecule has 1 aliphatic rings. The van der Waals surface area contributed by atoms with Gasteiger partial charge >= 0.3 is 6.09 Å². The van der Waals surface area contributed by atoms with Gasteiger partial charge in [-0.05, 0) is 24.3 Å². The summed E-state index contributed by atoms with van der Waals surface area (Å²) in [6.45, 7) is 0.474. The zero-order valence-electron chi connectivity index (χ0n) is 12.6. The fourth-order valence-corrected chi connectivity index (χ4v) is 3.76. The van der Waals surface area contributed by atoms with Gasteiger partial charge in [-0.25, -0.2) is 13.2 Å². The van der Waals surface area contributed by atoms with Gasteiger partial charge in [0.1, 0.15) is 0 Å². The van der Waals surface area contributed by atoms with Gasteiger partial charge in [0.15, 0.2) is 0 Å². The second-order valence-corrected chi connectivity index (χ2v) is 7.17. The number of hydrogen-bond acceptors (Lipinski definition) is 4. The van der Waals surface area contributed by atoms with Gasteiger partial charge in [0.2, 0.25) is 15.9 Å². The number of rotatable bonds is 4. The predicted molar refractivity (Wildman–Crippen MR) is 88.4 cm³/mol. The second kappa shape index (κ2) is 7.65. The van der Waals surface area contributed by atoms with Crippen molar-refractivity contribution in [3.8, 4) is 0 Å². The lowest BCUT2D eigenvalue weighted by Crippen LogP contribution is -2.50. The van der Waals surface area contributed by atoms with E-state index < -0.39 is 22.0 Å². The summed E-state index contributed by atoms with van der Waals surface area (Å²) < 4.78 is 26.3. The number of hydrogen-bond donors (Lipinski definition) is 2. The number of amides is 2. The highest BCUT2D eigenvalue weighted by atomic mass is 35.5. The van der Waals surface area contributed by atoms with Crippen LogP contribution >= 0.6 is 11.6 Å². The fraction of sp³-hybridized carbons (Fsp3) is 0.286. The molecule has 130 valence electrons. The SMILES string of the molecule is O=C(/C=C\Cl)Nc1ccc(S(=O)(=O)N2CCN(C(=O)O)CC2)cc1. The number of halogens is 1. The summed E-state index contributed by atoms with van der Waals surface area (Å²) in [6.07, 6.45) is 0.0758. The van der Waals surface area contributed by atoms with Gasteiger partial charge in [0.25, 0.3) is 0 Å². The van der Waals surface area contributed by atoms with Crippen LogP contribution in [-0.4, -0.2) is 60.9 Å². The summed E-state index contributed by atoms with van der Waals surface area (Å²) >= 11 is 5.30. The minimum atomic E-state index is -3.70. The number of benzene rings is 1. The number of nitrogens with zero attached hydrogens (tertiary/aromatic N) is 2. The third-order valence-corrected chi connectivity index (χ3v) is 5.52. The first-order valence-electron chi connectivity index (χ1n) is 7.00. The number of sulfonamides is 1. The quantitative estimate of drug-likeness (QED) is 0.775. The Bertz CT molecular complexity index is 740. The van der Waals surface area contributed by atoms with E-state index in [1.54, 1.807) is 0 Å². The Hall–Kier alpha value is -2.10. The van der Waals surface area contributed by atoms with Crippen LogP contribution in [0.15, 0.2) is 40.8 Å². The summed E-state index contributed by atoms with van der Waals surface area (Å²) in [6, 6.07) is 5.72. The van der Waals surface area contributed by atoms with Crippen LogP contribution in [0.2, 0.25) is 0 Å². The van der Waals surface area contributed by atoms with E-state index in [4.69, 9.17) is 16.7 Å². The number of carbonyl (C=O) groups is 2. The van der Waals surface area contributed by atoms with Crippen LogP contribution in [0.5, 0.6) is 0 Å². The second-order valence-electron chi connectivity index (χ2n) is 4.98. The Morgan fingerprint density at radius 2 is 1.71 bits per heavy atom. The molecule has 0 aromatic heterocycles. The van der Waals surface area contributed by atoms with Gasteiger partial charge in [0.05, 0.1) is 4.90 Å². The summed E-state index contributed by atoms with van der Waals surface area (Å²) in [5, 5.41) is 11.4. The van der Waals surface area contributed by atoms with Crippen molar-refractivity contribution in [3.05, 3.63) is 35.9 Å². The van der Waals surface area contributed by atoms with E-state index in [9.17, 15) is 18.0 Å². The molecule has 0 radical (unpaired) electrons. The smallest absolute Gasteiger partial charge is 0.407 e. The van der Waals surface area contributed by atoms with E-state index in [2.05, 4.69) is 5.32 Å². The van der Waals surface area contributed by atoms with Gasteiger partial charge in [-0.3, -0.25) is 4.79 Å². The van der Waals surface area contributed by atoms with Gasteiger partial charge in [-0.2, -0.15) is 4.31 Å². The molecule has 2 amide bonds. The first-order chi connectivity index (χ1) is 11.3. The maximum Gasteiger partial charge on any atom is 0.407 e. The summed E-state index contributed by atoms with van der Waals surface area (Å²) in [4.78, 5) is 23.5. The maximum absolute atomic E-state index is 12.5. The van der Waals surface area contributed by atoms with E-state index in [-0.39, 0.29) is 31.1 Å². The molecule has 2 rings (SSSR count). The van der Waals surface area contributed by atoms with Crippen LogP contribution in [0.3, 0.4) is 0 Å². The van der Waals surface area contributed by atoms with Crippen LogP contribution in [-0.2, 0) is 14.8 Å². The molecule has 1 aromatic rings. The molecule has 10 heteroatoms. The molecule has 0 spiro atoms. The van der Waals surface area contributed by atoms with E-state index in [0.717, 1.165) is 11.6 Å². The Morgan fingerprint density at radius 1 is 1.12 bits per heavy atom. The third kappa shape index (κ3) is 4.25. The highest BCUT2D eigenvalue weighted by Gasteiger charge is 2.29. The van der Waals surface area contributed by atoms with E-state index >= 15 is 0 Å². The van der Waals surface area contributed by atoms with Gasteiger partial charge < -0.3 is 15.3 Å². The monoisotopic (exact) mass is 373 g/mol. The van der Waals surface area contributed by atoms with E-state index in [1.807, 2.05) is 0 Å². The summed E-state index contributed by atoms with van der Waals surface area (Å²) in [5.74, 6) is -0.426. The summed E-state index contributed by atoms with van der Waals surface area (Å²) in [7, 11) is -3.70. The average Bonchev–Trinajstić information content (AvgIpc) is 2.55. The third-order valence-electron chi connectivity index (χ3n) is 3.48. The molecule has 0 saturated carbocycles. The highest BCUT2D eigenvalue weighted by molar-refractivity contribution is 7.89. The van der Waals surface area contributed by atoms with Crippen molar-refractivity contribution >= 4 is 39.3 Å². The molecule has 0 bridgehead atoms. The minimum absolute atomic E-state index is 0.0807. The number of nitrogens with one attached hydrogen (secondary N) is 1. The molecule has 0 unspecified atom stereocenters. The van der Waals surface area contributed by atoms with Crippen molar-refractivity contribution in [3.63, 3.8) is 0 Å². The van der Waals surface area contributed by atoms with Crippen molar-refractivity contribution in [1.82, 2.24) is 9.21 Å². The van der Waals surface area contributed by atoms with E-state index in [0.29, 0.717) is 5.69 Å². The molecule has 1 aliphatic heterocycles. The predicted octanol–water partition coefficient (Wildman–Crippen LogP) is 1.36. The molecule has 1 heterocycles. The molecule has 8 nitrogen and oxygen atoms in total. The molecular formula is C14H16ClN3O5S. The van der Waals surface area contributed by atoms with Crippen LogP contribution in [0.4, 0.5) is 10.5 Å². The number of carbonyl (C=O) groups excluding carboxylic acids is 1. The highest BCUT2D eigenvalue weighted by Crippen LogP contribution is 2.20. The Morgan fingerprint density at radius 3 is 2.21 bits per heavy atom. The Balaban J connectivity index is 2.07. The van der Waals surface area contributed by atoms with Crippen LogP contribution in [0.1, 0.15) is 0 Å². The fourth-order valence-electron chi connectivity index (χ4n) is 2.22. The van der Waals surface area contributed by atoms with Crippen LogP contribution in [0.25, 0.3) is 0 Å². The zero-order chi connectivity index (χ0) is 17.7. The topological polar surface area (TPSA) is 107 Å². The standard InChI is InChI=1S/C14H16ClN3O5S/c15-6-5-13(19)16-11-1-3-12(4-2-11)24(22,23)18-9-7-17(8-10-18)14(20)21/h1-6H,7-10H2,(H,16,19)(H,20,21)/b6-5-. The van der Waals surface area contributed by atoms with Crippen molar-refractivity contribution in [2.45, 2.75) is 4.90 Å². The first kappa shape index (κ1) is 18.2. The first-order valence-corrected chi connectivity index (χ1v) is 8.88. The molecule has 2 N–H and O–H groups in total. The lowest BCUT2D eigenvalue weighted by atomic mass is 10.3. The van der Waals surface area contributed by atoms with Crippen molar-refractivity contribution in [2.24, 2.45) is 0 Å². The lowest BCUT2D eigenvalue weighted by Gasteiger charge is -2.32. The molecule has 1 aromatic carbocycles. The van der Waals surface area contributed by atoms with Gasteiger partial charge in [-0.15, -0.1) is 0 Å². The minimum Gasteiger partial charge on any atom is -0.465 e. The molecule has 24 heavy (non-hydrogen) atoms. The van der Waals surface area contributed by atoms with Gasteiger partial charge in [-0.1, -0.05) is 11.6 Å². The largest absolute Gasteiger partial charge is 0.465 e. The Kier molecular flexibility index (Phi) is 5.81. The zero-order valence-corrected chi connectivity index (χ0v) is 14.1. The number of anilines is 1. The Labute approximate surface area is 144 Å². The van der Waals surface area contributed by atoms with Crippen LogP contribution < -0.4 is 5.32 Å². The number of carboxylic acid groups (broad SMARTS) is 1. The molecule has 1 fully saturated rings. The maximum atomic E-state index is 12.5. The molecule has 0 aliphatic carbocycles. The number of piperazine rings is 1. The molecule has 1 saturated heterocycles. The van der Waals surface area contributed by atoms with E-state index in [1.165, 1.54) is 33.5 Å². The molecule has 0 atom stereocenters. The lowest BCUT2D eigenvalue weighted by molar-refractivity contribution is -0.111. The summed E-state index contributed by atoms with van der Waals surface area (Å²) in [5.41, 5.74) is 1.51.